The van der Waals surface area contributed by atoms with Crippen molar-refractivity contribution in [2.75, 3.05) is 11.9 Å². The van der Waals surface area contributed by atoms with Crippen LogP contribution >= 0.6 is 0 Å². The molecule has 0 saturated heterocycles. The van der Waals surface area contributed by atoms with E-state index in [1.807, 2.05) is 61.5 Å². The molecule has 0 saturated carbocycles. The fraction of sp³-hybridized carbons (Fsp3) is 0.316. The first-order chi connectivity index (χ1) is 11.0. The van der Waals surface area contributed by atoms with Gasteiger partial charge in [0, 0.05) is 12.2 Å². The van der Waals surface area contributed by atoms with Gasteiger partial charge in [-0.25, -0.2) is 4.79 Å². The van der Waals surface area contributed by atoms with Gasteiger partial charge in [-0.2, -0.15) is 0 Å². The lowest BCUT2D eigenvalue weighted by Crippen LogP contribution is -2.42. The summed E-state index contributed by atoms with van der Waals surface area (Å²) in [5.41, 5.74) is 2.00. The van der Waals surface area contributed by atoms with Gasteiger partial charge in [0.15, 0.2) is 0 Å². The number of carbonyl (C=O) groups is 1. The average molecular weight is 312 g/mol. The van der Waals surface area contributed by atoms with Crippen LogP contribution in [-0.2, 0) is 6.42 Å². The quantitative estimate of drug-likeness (QED) is 0.764. The van der Waals surface area contributed by atoms with Crippen LogP contribution in [0, 0.1) is 6.92 Å². The summed E-state index contributed by atoms with van der Waals surface area (Å²) in [4.78, 5) is 12.0. The van der Waals surface area contributed by atoms with Crippen LogP contribution in [0.2, 0.25) is 0 Å². The lowest BCUT2D eigenvalue weighted by atomic mass is 9.97. The van der Waals surface area contributed by atoms with Crippen LogP contribution in [0.5, 0.6) is 0 Å². The van der Waals surface area contributed by atoms with Crippen LogP contribution in [-0.4, -0.2) is 23.3 Å². The summed E-state index contributed by atoms with van der Waals surface area (Å²) in [5, 5.41) is 15.9. The molecule has 2 aromatic carbocycles. The van der Waals surface area contributed by atoms with Crippen molar-refractivity contribution in [3.05, 3.63) is 65.7 Å². The lowest BCUT2D eigenvalue weighted by molar-refractivity contribution is 0.0539. The summed E-state index contributed by atoms with van der Waals surface area (Å²) in [5.74, 6) is 0. The lowest BCUT2D eigenvalue weighted by Gasteiger charge is -2.24. The summed E-state index contributed by atoms with van der Waals surface area (Å²) >= 11 is 0. The number of rotatable bonds is 6. The molecule has 122 valence electrons. The van der Waals surface area contributed by atoms with Gasteiger partial charge in [0.05, 0.1) is 5.60 Å². The van der Waals surface area contributed by atoms with Crippen molar-refractivity contribution >= 4 is 11.7 Å². The Labute approximate surface area is 137 Å². The molecule has 0 bridgehead atoms. The Bertz CT molecular complexity index is 639. The Morgan fingerprint density at radius 1 is 1.09 bits per heavy atom. The molecule has 0 radical (unpaired) electrons. The first-order valence-electron chi connectivity index (χ1n) is 7.83. The standard InChI is InChI=1S/C19H24N2O2/c1-15-8-6-7-11-17(15)21-18(22)20-14-19(2,23)13-12-16-9-4-3-5-10-16/h3-11,23H,12-14H2,1-2H3,(H2,20,21,22). The zero-order valence-electron chi connectivity index (χ0n) is 13.7. The van der Waals surface area contributed by atoms with Crippen molar-refractivity contribution in [3.63, 3.8) is 0 Å². The van der Waals surface area contributed by atoms with Crippen molar-refractivity contribution in [1.29, 1.82) is 0 Å². The Morgan fingerprint density at radius 3 is 2.43 bits per heavy atom. The van der Waals surface area contributed by atoms with Crippen LogP contribution in [0.1, 0.15) is 24.5 Å². The molecule has 0 aromatic heterocycles. The second-order valence-corrected chi connectivity index (χ2v) is 6.11. The molecule has 23 heavy (non-hydrogen) atoms. The predicted octanol–water partition coefficient (Wildman–Crippen LogP) is 3.50. The van der Waals surface area contributed by atoms with Gasteiger partial charge >= 0.3 is 6.03 Å². The first kappa shape index (κ1) is 17.0. The van der Waals surface area contributed by atoms with Crippen molar-refractivity contribution in [2.24, 2.45) is 0 Å². The van der Waals surface area contributed by atoms with E-state index in [0.717, 1.165) is 17.7 Å². The summed E-state index contributed by atoms with van der Waals surface area (Å²) in [6, 6.07) is 17.3. The summed E-state index contributed by atoms with van der Waals surface area (Å²) in [6.45, 7) is 3.88. The summed E-state index contributed by atoms with van der Waals surface area (Å²) in [6.07, 6.45) is 1.36. The normalized spacial score (nSPS) is 13.2. The molecule has 0 aliphatic heterocycles. The molecule has 3 N–H and O–H groups in total. The van der Waals surface area contributed by atoms with Gasteiger partial charge < -0.3 is 15.7 Å². The number of anilines is 1. The largest absolute Gasteiger partial charge is 0.388 e. The summed E-state index contributed by atoms with van der Waals surface area (Å²) in [7, 11) is 0. The van der Waals surface area contributed by atoms with E-state index in [4.69, 9.17) is 0 Å². The van der Waals surface area contributed by atoms with Gasteiger partial charge in [0.2, 0.25) is 0 Å². The maximum Gasteiger partial charge on any atom is 0.319 e. The maximum absolute atomic E-state index is 12.0. The van der Waals surface area contributed by atoms with Crippen LogP contribution in [0.4, 0.5) is 10.5 Å². The van der Waals surface area contributed by atoms with E-state index in [-0.39, 0.29) is 12.6 Å². The highest BCUT2D eigenvalue weighted by atomic mass is 16.3. The first-order valence-corrected chi connectivity index (χ1v) is 7.83. The van der Waals surface area contributed by atoms with Crippen molar-refractivity contribution in [1.82, 2.24) is 5.32 Å². The number of hydrogen-bond acceptors (Lipinski definition) is 2. The molecular weight excluding hydrogens is 288 g/mol. The van der Waals surface area contributed by atoms with E-state index in [1.165, 1.54) is 5.56 Å². The molecule has 2 amide bonds. The van der Waals surface area contributed by atoms with Gasteiger partial charge in [0.25, 0.3) is 0 Å². The third kappa shape index (κ3) is 5.75. The Balaban J connectivity index is 1.79. The molecule has 0 fully saturated rings. The van der Waals surface area contributed by atoms with Gasteiger partial charge in [0.1, 0.15) is 0 Å². The minimum absolute atomic E-state index is 0.206. The van der Waals surface area contributed by atoms with E-state index in [1.54, 1.807) is 6.92 Å². The van der Waals surface area contributed by atoms with Crippen LogP contribution in [0.3, 0.4) is 0 Å². The van der Waals surface area contributed by atoms with Crippen molar-refractivity contribution in [2.45, 2.75) is 32.3 Å². The zero-order chi connectivity index (χ0) is 16.7. The number of aryl methyl sites for hydroxylation is 2. The van der Waals surface area contributed by atoms with Crippen LogP contribution in [0.15, 0.2) is 54.6 Å². The summed E-state index contributed by atoms with van der Waals surface area (Å²) < 4.78 is 0. The molecule has 4 nitrogen and oxygen atoms in total. The maximum atomic E-state index is 12.0. The number of amides is 2. The second-order valence-electron chi connectivity index (χ2n) is 6.11. The number of carbonyl (C=O) groups excluding carboxylic acids is 1. The number of aliphatic hydroxyl groups is 1. The Kier molecular flexibility index (Phi) is 5.77. The smallest absolute Gasteiger partial charge is 0.319 e. The van der Waals surface area contributed by atoms with E-state index in [2.05, 4.69) is 10.6 Å². The topological polar surface area (TPSA) is 61.4 Å². The minimum atomic E-state index is -0.946. The number of hydrogen-bond donors (Lipinski definition) is 3. The minimum Gasteiger partial charge on any atom is -0.388 e. The molecule has 2 aromatic rings. The highest BCUT2D eigenvalue weighted by Crippen LogP contribution is 2.15. The fourth-order valence-electron chi connectivity index (χ4n) is 2.30. The van der Waals surface area contributed by atoms with Gasteiger partial charge in [-0.3, -0.25) is 0 Å². The van der Waals surface area contributed by atoms with Crippen LogP contribution < -0.4 is 10.6 Å². The number of para-hydroxylation sites is 1. The van der Waals surface area contributed by atoms with Crippen molar-refractivity contribution < 1.29 is 9.90 Å². The van der Waals surface area contributed by atoms with E-state index in [9.17, 15) is 9.90 Å². The molecule has 4 heteroatoms. The fourth-order valence-corrected chi connectivity index (χ4v) is 2.30. The van der Waals surface area contributed by atoms with E-state index >= 15 is 0 Å². The average Bonchev–Trinajstić information content (AvgIpc) is 2.55. The third-order valence-electron chi connectivity index (χ3n) is 3.82. The number of urea groups is 1. The Hall–Kier alpha value is -2.33. The number of benzene rings is 2. The molecule has 0 aliphatic rings. The monoisotopic (exact) mass is 312 g/mol. The van der Waals surface area contributed by atoms with E-state index in [0.29, 0.717) is 6.42 Å². The zero-order valence-corrected chi connectivity index (χ0v) is 13.7. The SMILES string of the molecule is Cc1ccccc1NC(=O)NCC(C)(O)CCc1ccccc1. The number of nitrogens with one attached hydrogen (secondary N) is 2. The van der Waals surface area contributed by atoms with Gasteiger partial charge in [-0.1, -0.05) is 48.5 Å². The van der Waals surface area contributed by atoms with Gasteiger partial charge in [-0.15, -0.1) is 0 Å². The second kappa shape index (κ2) is 7.79. The Morgan fingerprint density at radius 2 is 1.74 bits per heavy atom. The molecule has 2 rings (SSSR count). The molecular formula is C19H24N2O2. The van der Waals surface area contributed by atoms with E-state index < -0.39 is 5.60 Å². The van der Waals surface area contributed by atoms with Crippen LogP contribution in [0.25, 0.3) is 0 Å². The predicted molar refractivity (Wildman–Crippen MR) is 93.6 cm³/mol. The molecule has 1 unspecified atom stereocenters. The highest BCUT2D eigenvalue weighted by molar-refractivity contribution is 5.90. The molecule has 0 heterocycles. The molecule has 1 atom stereocenters. The van der Waals surface area contributed by atoms with Gasteiger partial charge in [-0.05, 0) is 43.9 Å². The third-order valence-corrected chi connectivity index (χ3v) is 3.82. The highest BCUT2D eigenvalue weighted by Gasteiger charge is 2.21. The van der Waals surface area contributed by atoms with Crippen molar-refractivity contribution in [3.8, 4) is 0 Å². The molecule has 0 aliphatic carbocycles. The molecule has 0 spiro atoms.